The molecule has 1 aromatic carbocycles. The van der Waals surface area contributed by atoms with Crippen molar-refractivity contribution < 1.29 is 13.9 Å². The van der Waals surface area contributed by atoms with Crippen LogP contribution in [0.5, 0.6) is 0 Å². The third-order valence-corrected chi connectivity index (χ3v) is 5.15. The number of amides is 1. The largest absolute Gasteiger partial charge is 0.368 e. The van der Waals surface area contributed by atoms with Crippen LogP contribution in [-0.2, 0) is 16.1 Å². The third kappa shape index (κ3) is 4.65. The molecule has 166 valence electrons. The van der Waals surface area contributed by atoms with Gasteiger partial charge in [-0.05, 0) is 23.8 Å². The lowest BCUT2D eigenvalue weighted by Crippen LogP contribution is -2.45. The highest BCUT2D eigenvalue weighted by molar-refractivity contribution is 5.76. The Hall–Kier alpha value is -3.66. The maximum absolute atomic E-state index is 13.9. The van der Waals surface area contributed by atoms with Crippen LogP contribution in [0, 0.1) is 5.82 Å². The molecule has 0 unspecified atom stereocenters. The average molecular weight is 438 g/mol. The zero-order valence-corrected chi connectivity index (χ0v) is 17.8. The zero-order valence-electron chi connectivity index (χ0n) is 17.8. The zero-order chi connectivity index (χ0) is 22.7. The van der Waals surface area contributed by atoms with Crippen molar-refractivity contribution in [3.8, 4) is 11.1 Å². The first kappa shape index (κ1) is 21.6. The van der Waals surface area contributed by atoms with Crippen molar-refractivity contribution in [2.75, 3.05) is 38.7 Å². The van der Waals surface area contributed by atoms with Gasteiger partial charge in [0.15, 0.2) is 0 Å². The Balaban J connectivity index is 1.63. The molecule has 2 aromatic heterocycles. The van der Waals surface area contributed by atoms with Crippen LogP contribution in [0.25, 0.3) is 11.1 Å². The molecular formula is C22H23FN6O3. The van der Waals surface area contributed by atoms with Crippen molar-refractivity contribution in [1.82, 2.24) is 24.4 Å². The molecule has 4 rings (SSSR count). The topological polar surface area (TPSA) is 93.5 Å². The van der Waals surface area contributed by atoms with Gasteiger partial charge < -0.3 is 14.5 Å². The summed E-state index contributed by atoms with van der Waals surface area (Å²) in [6.07, 6.45) is 4.03. The molecular weight excluding hydrogens is 415 g/mol. The first-order valence-corrected chi connectivity index (χ1v) is 10.1. The van der Waals surface area contributed by atoms with Gasteiger partial charge in [-0.2, -0.15) is 0 Å². The molecule has 9 nitrogen and oxygen atoms in total. The fraction of sp³-hybridized carbons (Fsp3) is 0.318. The second-order valence-corrected chi connectivity index (χ2v) is 7.60. The molecule has 0 bridgehead atoms. The molecule has 0 radical (unpaired) electrons. The summed E-state index contributed by atoms with van der Waals surface area (Å²) in [6.45, 7) is 0.844. The quantitative estimate of drug-likeness (QED) is 0.596. The van der Waals surface area contributed by atoms with Gasteiger partial charge in [0.2, 0.25) is 11.9 Å². The number of nitrogens with zero attached hydrogens (tertiary/aromatic N) is 6. The summed E-state index contributed by atoms with van der Waals surface area (Å²) in [5, 5.41) is 0. The van der Waals surface area contributed by atoms with Gasteiger partial charge in [0.05, 0.1) is 18.8 Å². The summed E-state index contributed by atoms with van der Waals surface area (Å²) in [5.74, 6) is -0.106. The number of morpholine rings is 1. The second kappa shape index (κ2) is 9.23. The first-order chi connectivity index (χ1) is 15.4. The average Bonchev–Trinajstić information content (AvgIpc) is 2.80. The van der Waals surface area contributed by atoms with Gasteiger partial charge in [0.1, 0.15) is 18.5 Å². The van der Waals surface area contributed by atoms with E-state index in [0.717, 1.165) is 0 Å². The summed E-state index contributed by atoms with van der Waals surface area (Å²) in [6, 6.07) is 7.79. The monoisotopic (exact) mass is 438 g/mol. The number of hydrogen-bond donors (Lipinski definition) is 0. The van der Waals surface area contributed by atoms with E-state index in [1.807, 2.05) is 14.1 Å². The molecule has 0 N–H and O–H groups in total. The van der Waals surface area contributed by atoms with Crippen molar-refractivity contribution in [3.05, 3.63) is 70.9 Å². The van der Waals surface area contributed by atoms with Crippen molar-refractivity contribution >= 4 is 11.9 Å². The summed E-state index contributed by atoms with van der Waals surface area (Å²) in [7, 11) is 3.65. The number of benzene rings is 1. The molecule has 0 spiro atoms. The highest BCUT2D eigenvalue weighted by Gasteiger charge is 2.29. The van der Waals surface area contributed by atoms with Gasteiger partial charge in [0, 0.05) is 44.8 Å². The standard InChI is InChI=1S/C22H23FN6O3/c1-27(2)21-25-12-17(15-5-3-6-16(23)11-15)20(26-21)18-13-28(9-10-32-18)19(30)14-29-8-4-7-24-22(29)31/h3-8,11-12,18H,9-10,13-14H2,1-2H3/t18-/m1/s1. The smallest absolute Gasteiger partial charge is 0.347 e. The number of aromatic nitrogens is 4. The van der Waals surface area contributed by atoms with Crippen molar-refractivity contribution in [2.45, 2.75) is 12.6 Å². The van der Waals surface area contributed by atoms with Gasteiger partial charge in [-0.3, -0.25) is 9.36 Å². The summed E-state index contributed by atoms with van der Waals surface area (Å²) in [4.78, 5) is 40.8. The van der Waals surface area contributed by atoms with Gasteiger partial charge in [-0.1, -0.05) is 12.1 Å². The number of rotatable bonds is 5. The van der Waals surface area contributed by atoms with E-state index in [0.29, 0.717) is 35.9 Å². The van der Waals surface area contributed by atoms with Crippen LogP contribution in [0.2, 0.25) is 0 Å². The minimum absolute atomic E-state index is 0.108. The highest BCUT2D eigenvalue weighted by Crippen LogP contribution is 2.32. The summed E-state index contributed by atoms with van der Waals surface area (Å²) < 4.78 is 21.1. The van der Waals surface area contributed by atoms with Crippen LogP contribution >= 0.6 is 0 Å². The Bertz CT molecular complexity index is 1180. The number of ether oxygens (including phenoxy) is 1. The molecule has 3 heterocycles. The predicted molar refractivity (Wildman–Crippen MR) is 116 cm³/mol. The van der Waals surface area contributed by atoms with Crippen molar-refractivity contribution in [3.63, 3.8) is 0 Å². The van der Waals surface area contributed by atoms with Crippen LogP contribution in [0.3, 0.4) is 0 Å². The fourth-order valence-electron chi connectivity index (χ4n) is 3.52. The van der Waals surface area contributed by atoms with Gasteiger partial charge in [-0.25, -0.2) is 24.1 Å². The molecule has 32 heavy (non-hydrogen) atoms. The normalized spacial score (nSPS) is 16.1. The molecule has 3 aromatic rings. The molecule has 0 saturated carbocycles. The number of halogens is 1. The minimum Gasteiger partial charge on any atom is -0.368 e. The fourth-order valence-corrected chi connectivity index (χ4v) is 3.52. The number of carbonyl (C=O) groups is 1. The van der Waals surface area contributed by atoms with Gasteiger partial charge in [0.25, 0.3) is 0 Å². The lowest BCUT2D eigenvalue weighted by molar-refractivity contribution is -0.139. The van der Waals surface area contributed by atoms with Crippen LogP contribution in [0.15, 0.2) is 53.7 Å². The van der Waals surface area contributed by atoms with E-state index in [-0.39, 0.29) is 24.8 Å². The van der Waals surface area contributed by atoms with Gasteiger partial charge >= 0.3 is 5.69 Å². The van der Waals surface area contributed by atoms with Crippen molar-refractivity contribution in [1.29, 1.82) is 0 Å². The maximum atomic E-state index is 13.9. The highest BCUT2D eigenvalue weighted by atomic mass is 19.1. The van der Waals surface area contributed by atoms with Crippen LogP contribution < -0.4 is 10.6 Å². The van der Waals surface area contributed by atoms with Crippen LogP contribution in [-0.4, -0.2) is 64.1 Å². The molecule has 1 fully saturated rings. The predicted octanol–water partition coefficient (Wildman–Crippen LogP) is 1.51. The molecule has 1 aliphatic heterocycles. The molecule has 1 saturated heterocycles. The Morgan fingerprint density at radius 2 is 2.12 bits per heavy atom. The molecule has 10 heteroatoms. The molecule has 1 amide bonds. The molecule has 1 atom stereocenters. The van der Waals surface area contributed by atoms with E-state index >= 15 is 0 Å². The first-order valence-electron chi connectivity index (χ1n) is 10.1. The summed E-state index contributed by atoms with van der Waals surface area (Å²) in [5.41, 5.74) is 1.35. The van der Waals surface area contributed by atoms with E-state index < -0.39 is 11.8 Å². The lowest BCUT2D eigenvalue weighted by atomic mass is 10.0. The molecule has 1 aliphatic rings. The van der Waals surface area contributed by atoms with Gasteiger partial charge in [-0.15, -0.1) is 0 Å². The molecule has 0 aliphatic carbocycles. The summed E-state index contributed by atoms with van der Waals surface area (Å²) >= 11 is 0. The number of carbonyl (C=O) groups excluding carboxylic acids is 1. The van der Waals surface area contributed by atoms with E-state index in [2.05, 4.69) is 15.0 Å². The minimum atomic E-state index is -0.529. The third-order valence-electron chi connectivity index (χ3n) is 5.15. The van der Waals surface area contributed by atoms with E-state index in [9.17, 15) is 14.0 Å². The van der Waals surface area contributed by atoms with E-state index in [1.54, 1.807) is 34.2 Å². The Labute approximate surface area is 184 Å². The Morgan fingerprint density at radius 3 is 2.88 bits per heavy atom. The van der Waals surface area contributed by atoms with Crippen LogP contribution in [0.4, 0.5) is 10.3 Å². The Kier molecular flexibility index (Phi) is 6.22. The number of anilines is 1. The lowest BCUT2D eigenvalue weighted by Gasteiger charge is -2.33. The van der Waals surface area contributed by atoms with Crippen LogP contribution in [0.1, 0.15) is 11.8 Å². The van der Waals surface area contributed by atoms with E-state index in [1.165, 1.54) is 29.1 Å². The van der Waals surface area contributed by atoms with E-state index in [4.69, 9.17) is 4.74 Å². The SMILES string of the molecule is CN(C)c1ncc(-c2cccc(F)c2)c([C@H]2CN(C(=O)Cn3cccnc3=O)CCO2)n1. The second-order valence-electron chi connectivity index (χ2n) is 7.60. The number of hydrogen-bond acceptors (Lipinski definition) is 7. The maximum Gasteiger partial charge on any atom is 0.347 e. The Morgan fingerprint density at radius 1 is 1.28 bits per heavy atom. The van der Waals surface area contributed by atoms with Crippen molar-refractivity contribution in [2.24, 2.45) is 0 Å².